The molecule has 296 valence electrons. The van der Waals surface area contributed by atoms with E-state index in [1.54, 1.807) is 6.92 Å². The maximum Gasteiger partial charge on any atom is 0.472 e. The monoisotopic (exact) mass is 731 g/mol. The molecule has 0 aliphatic rings. The predicted octanol–water partition coefficient (Wildman–Crippen LogP) is 12.9. The van der Waals surface area contributed by atoms with Crippen molar-refractivity contribution in [3.05, 3.63) is 12.2 Å². The summed E-state index contributed by atoms with van der Waals surface area (Å²) in [6.07, 6.45) is 38.4. The van der Waals surface area contributed by atoms with Crippen LogP contribution in [0.3, 0.4) is 0 Å². The predicted molar refractivity (Wildman–Crippen MR) is 207 cm³/mol. The molecule has 8 nitrogen and oxygen atoms in total. The highest BCUT2D eigenvalue weighted by Crippen LogP contribution is 2.43. The molecule has 0 rings (SSSR count). The molecule has 0 saturated heterocycles. The third-order valence-electron chi connectivity index (χ3n) is 9.07. The van der Waals surface area contributed by atoms with Gasteiger partial charge >= 0.3 is 19.8 Å². The van der Waals surface area contributed by atoms with Gasteiger partial charge < -0.3 is 14.4 Å². The molecule has 0 fully saturated rings. The zero-order valence-corrected chi connectivity index (χ0v) is 33.7. The van der Waals surface area contributed by atoms with Gasteiger partial charge in [-0.1, -0.05) is 167 Å². The molecule has 50 heavy (non-hydrogen) atoms. The number of phosphoric ester groups is 1. The number of unbranched alkanes of at least 4 members (excludes halogenated alkanes) is 25. The van der Waals surface area contributed by atoms with Gasteiger partial charge in [0, 0.05) is 12.8 Å². The quantitative estimate of drug-likeness (QED) is 0.0288. The highest BCUT2D eigenvalue weighted by atomic mass is 31.2. The van der Waals surface area contributed by atoms with Crippen molar-refractivity contribution in [2.75, 3.05) is 19.8 Å². The standard InChI is InChI=1S/C41H79O8P/c1-4-7-9-11-13-15-17-19-20-21-22-23-24-26-27-29-31-33-35-40(42)46-37-39(38-48-50(44,45)47-6-3)49-41(43)36-34-32-30-28-25-18-16-14-12-10-8-5-2/h14,16,39H,4-13,15,17-38H2,1-3H3,(H,44,45)/b16-14-. The van der Waals surface area contributed by atoms with E-state index in [9.17, 15) is 19.0 Å². The molecule has 0 aromatic heterocycles. The number of ether oxygens (including phenoxy) is 2. The molecule has 0 bridgehead atoms. The van der Waals surface area contributed by atoms with Crippen molar-refractivity contribution in [2.24, 2.45) is 0 Å². The van der Waals surface area contributed by atoms with Gasteiger partial charge in [-0.2, -0.15) is 0 Å². The fraction of sp³-hybridized carbons (Fsp3) is 0.902. The SMILES string of the molecule is CCCCC/C=C\CCCCCCCC(=O)OC(COC(=O)CCCCCCCCCCCCCCCCCCCC)COP(=O)(O)OCC. The Hall–Kier alpha value is -1.21. The van der Waals surface area contributed by atoms with Gasteiger partial charge in [0.05, 0.1) is 13.2 Å². The number of hydrogen-bond donors (Lipinski definition) is 1. The molecule has 0 aromatic rings. The second-order valence-corrected chi connectivity index (χ2v) is 15.5. The maximum atomic E-state index is 12.5. The molecule has 0 amide bonds. The molecule has 0 spiro atoms. The lowest BCUT2D eigenvalue weighted by Gasteiger charge is -2.19. The average molecular weight is 731 g/mol. The first-order chi connectivity index (χ1) is 24.3. The number of allylic oxidation sites excluding steroid dienone is 2. The van der Waals surface area contributed by atoms with Crippen LogP contribution in [0.15, 0.2) is 12.2 Å². The van der Waals surface area contributed by atoms with Gasteiger partial charge in [0.15, 0.2) is 6.10 Å². The molecule has 9 heteroatoms. The lowest BCUT2D eigenvalue weighted by atomic mass is 10.0. The van der Waals surface area contributed by atoms with Crippen molar-refractivity contribution in [1.29, 1.82) is 0 Å². The van der Waals surface area contributed by atoms with E-state index in [1.165, 1.54) is 122 Å². The smallest absolute Gasteiger partial charge is 0.462 e. The van der Waals surface area contributed by atoms with Crippen LogP contribution in [0.1, 0.15) is 213 Å². The Morgan fingerprint density at radius 1 is 0.520 bits per heavy atom. The summed E-state index contributed by atoms with van der Waals surface area (Å²) in [5.74, 6) is -0.798. The Bertz CT molecular complexity index is 833. The molecule has 0 aliphatic carbocycles. The summed E-state index contributed by atoms with van der Waals surface area (Å²) in [4.78, 5) is 34.6. The fourth-order valence-electron chi connectivity index (χ4n) is 5.98. The second kappa shape index (κ2) is 37.5. The third-order valence-corrected chi connectivity index (χ3v) is 10.1. The molecule has 2 atom stereocenters. The van der Waals surface area contributed by atoms with Gasteiger partial charge in [-0.15, -0.1) is 0 Å². The van der Waals surface area contributed by atoms with Gasteiger partial charge in [-0.3, -0.25) is 18.6 Å². The zero-order chi connectivity index (χ0) is 36.8. The third kappa shape index (κ3) is 36.6. The molecule has 0 radical (unpaired) electrons. The first-order valence-electron chi connectivity index (χ1n) is 21.0. The van der Waals surface area contributed by atoms with Crippen molar-refractivity contribution < 1.29 is 37.6 Å². The van der Waals surface area contributed by atoms with Crippen LogP contribution in [0.5, 0.6) is 0 Å². The van der Waals surface area contributed by atoms with Crippen molar-refractivity contribution in [3.8, 4) is 0 Å². The van der Waals surface area contributed by atoms with Gasteiger partial charge in [0.1, 0.15) is 6.61 Å². The van der Waals surface area contributed by atoms with E-state index >= 15 is 0 Å². The van der Waals surface area contributed by atoms with Gasteiger partial charge in [-0.25, -0.2) is 4.57 Å². The van der Waals surface area contributed by atoms with E-state index in [0.717, 1.165) is 51.4 Å². The topological polar surface area (TPSA) is 108 Å². The van der Waals surface area contributed by atoms with Crippen molar-refractivity contribution in [1.82, 2.24) is 0 Å². The van der Waals surface area contributed by atoms with E-state index in [2.05, 4.69) is 26.0 Å². The summed E-state index contributed by atoms with van der Waals surface area (Å²) in [5, 5.41) is 0. The first kappa shape index (κ1) is 48.8. The Morgan fingerprint density at radius 3 is 1.36 bits per heavy atom. The summed E-state index contributed by atoms with van der Waals surface area (Å²) >= 11 is 0. The minimum absolute atomic E-state index is 0.00185. The minimum atomic E-state index is -4.27. The van der Waals surface area contributed by atoms with Crippen LogP contribution in [0.25, 0.3) is 0 Å². The second-order valence-electron chi connectivity index (χ2n) is 14.0. The van der Waals surface area contributed by atoms with Crippen LogP contribution in [0.4, 0.5) is 0 Å². The number of rotatable bonds is 39. The summed E-state index contributed by atoms with van der Waals surface area (Å²) in [6, 6.07) is 0. The van der Waals surface area contributed by atoms with E-state index in [1.807, 2.05) is 0 Å². The number of esters is 2. The molecule has 0 saturated carbocycles. The Kier molecular flexibility index (Phi) is 36.6. The van der Waals surface area contributed by atoms with Crippen LogP contribution in [-0.2, 0) is 32.7 Å². The number of phosphoric acid groups is 1. The number of hydrogen-bond acceptors (Lipinski definition) is 7. The fourth-order valence-corrected chi connectivity index (χ4v) is 6.73. The van der Waals surface area contributed by atoms with Gasteiger partial charge in [0.2, 0.25) is 0 Å². The van der Waals surface area contributed by atoms with Crippen molar-refractivity contribution in [3.63, 3.8) is 0 Å². The Morgan fingerprint density at radius 2 is 0.900 bits per heavy atom. The molecule has 1 N–H and O–H groups in total. The lowest BCUT2D eigenvalue weighted by molar-refractivity contribution is -0.161. The zero-order valence-electron chi connectivity index (χ0n) is 32.8. The normalized spacial score (nSPS) is 13.4. The first-order valence-corrected chi connectivity index (χ1v) is 22.5. The molecular weight excluding hydrogens is 651 g/mol. The van der Waals surface area contributed by atoms with E-state index in [4.69, 9.17) is 18.5 Å². The van der Waals surface area contributed by atoms with Gasteiger partial charge in [0.25, 0.3) is 0 Å². The summed E-state index contributed by atoms with van der Waals surface area (Å²) in [5.41, 5.74) is 0. The van der Waals surface area contributed by atoms with E-state index < -0.39 is 26.5 Å². The molecule has 0 heterocycles. The average Bonchev–Trinajstić information content (AvgIpc) is 3.09. The van der Waals surface area contributed by atoms with Crippen molar-refractivity contribution in [2.45, 2.75) is 219 Å². The van der Waals surface area contributed by atoms with Crippen LogP contribution in [0.2, 0.25) is 0 Å². The van der Waals surface area contributed by atoms with Crippen LogP contribution in [0, 0.1) is 0 Å². The highest BCUT2D eigenvalue weighted by Gasteiger charge is 2.25. The summed E-state index contributed by atoms with van der Waals surface area (Å²) < 4.78 is 32.6. The van der Waals surface area contributed by atoms with Gasteiger partial charge in [-0.05, 0) is 45.4 Å². The molecule has 2 unspecified atom stereocenters. The summed E-state index contributed by atoms with van der Waals surface area (Å²) in [7, 11) is -4.27. The molecule has 0 aromatic carbocycles. The van der Waals surface area contributed by atoms with Crippen molar-refractivity contribution >= 4 is 19.8 Å². The van der Waals surface area contributed by atoms with E-state index in [-0.39, 0.29) is 25.6 Å². The van der Waals surface area contributed by atoms with E-state index in [0.29, 0.717) is 12.8 Å². The van der Waals surface area contributed by atoms with Crippen LogP contribution >= 0.6 is 7.82 Å². The highest BCUT2D eigenvalue weighted by molar-refractivity contribution is 7.47. The Balaban J connectivity index is 4.03. The lowest BCUT2D eigenvalue weighted by Crippen LogP contribution is -2.29. The van der Waals surface area contributed by atoms with Crippen LogP contribution < -0.4 is 0 Å². The molecule has 0 aliphatic heterocycles. The molecular formula is C41H79O8P. The number of carbonyl (C=O) groups is 2. The Labute approximate surface area is 308 Å². The summed E-state index contributed by atoms with van der Waals surface area (Å²) in [6.45, 7) is 5.46. The number of carbonyl (C=O) groups excluding carboxylic acids is 2. The largest absolute Gasteiger partial charge is 0.472 e. The minimum Gasteiger partial charge on any atom is -0.462 e. The maximum absolute atomic E-state index is 12.5. The van der Waals surface area contributed by atoms with Crippen LogP contribution in [-0.4, -0.2) is 42.8 Å².